The van der Waals surface area contributed by atoms with Crippen LogP contribution in [0.1, 0.15) is 27.2 Å². The lowest BCUT2D eigenvalue weighted by Gasteiger charge is -1.87. The Labute approximate surface area is 69.6 Å². The summed E-state index contributed by atoms with van der Waals surface area (Å²) in [5.74, 6) is 0. The van der Waals surface area contributed by atoms with Gasteiger partial charge >= 0.3 is 0 Å². The fraction of sp³-hybridized carbons (Fsp3) is 0.364. The molecule has 0 fully saturated rings. The van der Waals surface area contributed by atoms with E-state index in [-0.39, 0.29) is 0 Å². The molecule has 0 N–H and O–H groups in total. The van der Waals surface area contributed by atoms with Crippen LogP contribution in [-0.2, 0) is 0 Å². The van der Waals surface area contributed by atoms with E-state index in [1.165, 1.54) is 5.57 Å². The molecule has 0 aliphatic rings. The fourth-order valence-corrected chi connectivity index (χ4v) is 0.736. The topological polar surface area (TPSA) is 0 Å². The highest BCUT2D eigenvalue weighted by atomic mass is 13.9. The van der Waals surface area contributed by atoms with Crippen LogP contribution in [0, 0.1) is 0 Å². The average Bonchev–Trinajstić information content (AvgIpc) is 2.03. The minimum absolute atomic E-state index is 1.04. The summed E-state index contributed by atoms with van der Waals surface area (Å²) in [5.41, 5.74) is 4.40. The molecule has 0 amide bonds. The average molecular weight is 148 g/mol. The Bertz CT molecular complexity index is 198. The molecule has 0 aliphatic heterocycles. The quantitative estimate of drug-likeness (QED) is 0.423. The number of hydrogen-bond acceptors (Lipinski definition) is 0. The summed E-state index contributed by atoms with van der Waals surface area (Å²) in [4.78, 5) is 0. The van der Waals surface area contributed by atoms with Gasteiger partial charge in [0.25, 0.3) is 0 Å². The van der Waals surface area contributed by atoms with E-state index in [9.17, 15) is 0 Å². The van der Waals surface area contributed by atoms with Gasteiger partial charge in [0.1, 0.15) is 0 Å². The van der Waals surface area contributed by atoms with E-state index in [0.717, 1.165) is 6.42 Å². The van der Waals surface area contributed by atoms with Crippen LogP contribution in [0.15, 0.2) is 41.7 Å². The Morgan fingerprint density at radius 2 is 2.00 bits per heavy atom. The van der Waals surface area contributed by atoms with E-state index >= 15 is 0 Å². The lowest BCUT2D eigenvalue weighted by atomic mass is 10.2. The van der Waals surface area contributed by atoms with E-state index < -0.39 is 0 Å². The first-order chi connectivity index (χ1) is 5.35. The largest absolute Gasteiger partial charge is 0.122 e. The van der Waals surface area contributed by atoms with Crippen molar-refractivity contribution in [3.05, 3.63) is 41.7 Å². The summed E-state index contributed by atoms with van der Waals surface area (Å²) < 4.78 is 0. The van der Waals surface area contributed by atoms with Gasteiger partial charge in [0.15, 0.2) is 0 Å². The maximum atomic E-state index is 3.16. The minimum Gasteiger partial charge on any atom is -0.122 e. The van der Waals surface area contributed by atoms with Gasteiger partial charge in [0, 0.05) is 0 Å². The molecular weight excluding hydrogens is 132 g/mol. The molecule has 60 valence electrons. The molecular formula is C11H16. The van der Waals surface area contributed by atoms with E-state index in [1.54, 1.807) is 0 Å². The second kappa shape index (κ2) is 7.11. The minimum atomic E-state index is 1.04. The smallest absolute Gasteiger partial charge is 0.00666 e. The summed E-state index contributed by atoms with van der Waals surface area (Å²) >= 11 is 0. The van der Waals surface area contributed by atoms with Gasteiger partial charge in [0.2, 0.25) is 0 Å². The zero-order valence-electron chi connectivity index (χ0n) is 7.59. The van der Waals surface area contributed by atoms with Crippen LogP contribution in [0.4, 0.5) is 0 Å². The normalized spacial score (nSPS) is 10.5. The van der Waals surface area contributed by atoms with Gasteiger partial charge in [0.05, 0.1) is 0 Å². The molecule has 0 radical (unpaired) electrons. The molecule has 0 bridgehead atoms. The third kappa shape index (κ3) is 5.44. The maximum Gasteiger partial charge on any atom is -0.00666 e. The molecule has 0 aromatic rings. The third-order valence-electron chi connectivity index (χ3n) is 1.31. The van der Waals surface area contributed by atoms with Gasteiger partial charge in [-0.05, 0) is 31.9 Å². The van der Waals surface area contributed by atoms with Gasteiger partial charge in [-0.1, -0.05) is 31.2 Å². The molecule has 0 rings (SSSR count). The molecule has 11 heavy (non-hydrogen) atoms. The Kier molecular flexibility index (Phi) is 6.46. The Balaban J connectivity index is 4.20. The van der Waals surface area contributed by atoms with Crippen LogP contribution in [0.3, 0.4) is 0 Å². The van der Waals surface area contributed by atoms with Crippen molar-refractivity contribution in [3.63, 3.8) is 0 Å². The highest BCUT2D eigenvalue weighted by Gasteiger charge is 1.80. The van der Waals surface area contributed by atoms with Gasteiger partial charge in [-0.15, -0.1) is 5.73 Å². The van der Waals surface area contributed by atoms with Crippen LogP contribution >= 0.6 is 0 Å². The van der Waals surface area contributed by atoms with Crippen molar-refractivity contribution in [1.29, 1.82) is 0 Å². The zero-order valence-corrected chi connectivity index (χ0v) is 7.59. The highest BCUT2D eigenvalue weighted by molar-refractivity contribution is 5.20. The fourth-order valence-electron chi connectivity index (χ4n) is 0.736. The van der Waals surface area contributed by atoms with E-state index in [2.05, 4.69) is 18.7 Å². The van der Waals surface area contributed by atoms with Crippen molar-refractivity contribution in [2.24, 2.45) is 0 Å². The van der Waals surface area contributed by atoms with E-state index in [1.807, 2.05) is 38.2 Å². The standard InChI is InChI=1S/C11H16/c1-4-7-8-10-11(6-3)9-5-2/h4-5,7-8,10H,6H2,1-3H3. The van der Waals surface area contributed by atoms with Crippen LogP contribution in [0.5, 0.6) is 0 Å². The molecule has 0 aromatic carbocycles. The number of hydrogen-bond donors (Lipinski definition) is 0. The van der Waals surface area contributed by atoms with E-state index in [0.29, 0.717) is 0 Å². The summed E-state index contributed by atoms with van der Waals surface area (Å²) in [6.07, 6.45) is 11.1. The van der Waals surface area contributed by atoms with Crippen molar-refractivity contribution in [3.8, 4) is 0 Å². The summed E-state index contributed by atoms with van der Waals surface area (Å²) in [7, 11) is 0. The lowest BCUT2D eigenvalue weighted by molar-refractivity contribution is 1.15. The first-order valence-corrected chi connectivity index (χ1v) is 4.04. The van der Waals surface area contributed by atoms with Gasteiger partial charge < -0.3 is 0 Å². The molecule has 0 saturated carbocycles. The predicted molar refractivity (Wildman–Crippen MR) is 51.5 cm³/mol. The predicted octanol–water partition coefficient (Wildman–Crippen LogP) is 3.63. The Morgan fingerprint density at radius 3 is 2.45 bits per heavy atom. The number of allylic oxidation sites excluding steroid dienone is 5. The second-order valence-corrected chi connectivity index (χ2v) is 2.20. The highest BCUT2D eigenvalue weighted by Crippen LogP contribution is 1.99. The molecule has 0 spiro atoms. The SMILES string of the molecule is CC=C=C(C=CC=CC)CC. The molecule has 0 unspecified atom stereocenters. The van der Waals surface area contributed by atoms with E-state index in [4.69, 9.17) is 0 Å². The zero-order chi connectivity index (χ0) is 8.53. The lowest BCUT2D eigenvalue weighted by Crippen LogP contribution is -1.68. The first-order valence-electron chi connectivity index (χ1n) is 4.04. The molecule has 0 saturated heterocycles. The summed E-state index contributed by atoms with van der Waals surface area (Å²) in [6.45, 7) is 6.13. The van der Waals surface area contributed by atoms with Crippen LogP contribution < -0.4 is 0 Å². The summed E-state index contributed by atoms with van der Waals surface area (Å²) in [5, 5.41) is 0. The van der Waals surface area contributed by atoms with Crippen molar-refractivity contribution in [2.75, 3.05) is 0 Å². The van der Waals surface area contributed by atoms with Crippen LogP contribution in [-0.4, -0.2) is 0 Å². The second-order valence-electron chi connectivity index (χ2n) is 2.20. The third-order valence-corrected chi connectivity index (χ3v) is 1.31. The molecule has 0 heterocycles. The summed E-state index contributed by atoms with van der Waals surface area (Å²) in [6, 6.07) is 0. The Hall–Kier alpha value is -1.00. The van der Waals surface area contributed by atoms with Crippen LogP contribution in [0.25, 0.3) is 0 Å². The molecule has 0 heteroatoms. The van der Waals surface area contributed by atoms with Crippen molar-refractivity contribution < 1.29 is 0 Å². The van der Waals surface area contributed by atoms with Gasteiger partial charge in [-0.3, -0.25) is 0 Å². The molecule has 0 aromatic heterocycles. The van der Waals surface area contributed by atoms with Crippen molar-refractivity contribution in [2.45, 2.75) is 27.2 Å². The maximum absolute atomic E-state index is 3.16. The molecule has 0 aliphatic carbocycles. The monoisotopic (exact) mass is 148 g/mol. The van der Waals surface area contributed by atoms with Gasteiger partial charge in [-0.2, -0.15) is 0 Å². The first kappa shape index (κ1) is 10.0. The molecule has 0 nitrogen and oxygen atoms in total. The van der Waals surface area contributed by atoms with Crippen LogP contribution in [0.2, 0.25) is 0 Å². The molecule has 0 atom stereocenters. The van der Waals surface area contributed by atoms with Gasteiger partial charge in [-0.25, -0.2) is 0 Å². The number of rotatable bonds is 3. The van der Waals surface area contributed by atoms with Crippen molar-refractivity contribution in [1.82, 2.24) is 0 Å². The van der Waals surface area contributed by atoms with Crippen molar-refractivity contribution >= 4 is 0 Å². The Morgan fingerprint density at radius 1 is 1.27 bits per heavy atom.